The number of carbonyl (C=O) groups is 2. The van der Waals surface area contributed by atoms with Gasteiger partial charge in [-0.15, -0.1) is 0 Å². The van der Waals surface area contributed by atoms with Gasteiger partial charge in [0.25, 0.3) is 23.6 Å². The van der Waals surface area contributed by atoms with Crippen LogP contribution in [0.4, 0.5) is 11.6 Å². The molecule has 0 aliphatic heterocycles. The molecule has 0 aliphatic carbocycles. The topological polar surface area (TPSA) is 268 Å². The number of aryl methyl sites for hydroxylation is 6. The molecule has 386 valence electrons. The number of benzene rings is 2. The first kappa shape index (κ1) is 54.3. The van der Waals surface area contributed by atoms with Crippen LogP contribution in [0.1, 0.15) is 75.2 Å². The molecule has 72 heavy (non-hydrogen) atoms. The number of hydrogen-bond donors (Lipinski definition) is 6. The standard InChI is InChI=1S/C52H68N10O10/c1-11-33-21-35(47-57-51(71-59-47)37-19-31(9)55-41(23-37)61(13-3)14-4)17-29(7)45(33)69-27-39(63)25-53-49(67)43(65)44(66)50(68)54-26-40(64)28-70-46-30(8)18-36(22-34(46)12-2)48-58-52(72-60-48)38-20-32(10)56-42(24-38)62(15-5)16-6/h17-24,39-40,43-44,63-66H,11-16,25-28H2,1-10H3,(H,53,67)(H,54,68)/t39-,40-,43?,44?/m0/s1. The molecule has 6 rings (SSSR count). The minimum Gasteiger partial charge on any atom is -0.490 e. The molecule has 4 heterocycles. The van der Waals surface area contributed by atoms with E-state index in [1.165, 1.54) is 0 Å². The quantitative estimate of drug-likeness (QED) is 0.0436. The number of ether oxygens (including phenoxy) is 2. The van der Waals surface area contributed by atoms with Gasteiger partial charge in [-0.3, -0.25) is 9.59 Å². The van der Waals surface area contributed by atoms with Gasteiger partial charge in [-0.05, 0) is 139 Å². The normalized spacial score (nSPS) is 13.0. The van der Waals surface area contributed by atoms with Crippen molar-refractivity contribution in [3.8, 4) is 57.2 Å². The minimum atomic E-state index is -2.17. The van der Waals surface area contributed by atoms with Crippen LogP contribution in [0.5, 0.6) is 11.5 Å². The Labute approximate surface area is 419 Å². The molecule has 0 radical (unpaired) electrons. The van der Waals surface area contributed by atoms with Crippen molar-refractivity contribution >= 4 is 23.5 Å². The van der Waals surface area contributed by atoms with Crippen LogP contribution in [0.2, 0.25) is 0 Å². The highest BCUT2D eigenvalue weighted by Gasteiger charge is 2.31. The molecule has 0 fully saturated rings. The molecule has 4 aromatic heterocycles. The van der Waals surface area contributed by atoms with Gasteiger partial charge in [-0.25, -0.2) is 9.97 Å². The summed E-state index contributed by atoms with van der Waals surface area (Å²) in [6, 6.07) is 15.2. The highest BCUT2D eigenvalue weighted by atomic mass is 16.5. The van der Waals surface area contributed by atoms with E-state index in [1.54, 1.807) is 0 Å². The second kappa shape index (κ2) is 24.9. The van der Waals surface area contributed by atoms with Gasteiger partial charge in [0.1, 0.15) is 48.6 Å². The lowest BCUT2D eigenvalue weighted by Gasteiger charge is -2.21. The van der Waals surface area contributed by atoms with E-state index in [-0.39, 0.29) is 26.3 Å². The summed E-state index contributed by atoms with van der Waals surface area (Å²) in [6.07, 6.45) is -5.62. The van der Waals surface area contributed by atoms with Crippen LogP contribution in [0.25, 0.3) is 45.7 Å². The first-order valence-electron chi connectivity index (χ1n) is 24.5. The summed E-state index contributed by atoms with van der Waals surface area (Å²) in [6.45, 7) is 21.8. The molecule has 2 unspecified atom stereocenters. The predicted octanol–water partition coefficient (Wildman–Crippen LogP) is 5.10. The van der Waals surface area contributed by atoms with Crippen LogP contribution >= 0.6 is 0 Å². The van der Waals surface area contributed by atoms with E-state index in [1.807, 2.05) is 90.1 Å². The summed E-state index contributed by atoms with van der Waals surface area (Å²) >= 11 is 0. The van der Waals surface area contributed by atoms with E-state index >= 15 is 0 Å². The van der Waals surface area contributed by atoms with Crippen LogP contribution in [-0.4, -0.2) is 139 Å². The number of amides is 2. The van der Waals surface area contributed by atoms with Crippen LogP contribution in [0, 0.1) is 27.7 Å². The van der Waals surface area contributed by atoms with Crippen LogP contribution in [0.15, 0.2) is 57.6 Å². The number of pyridine rings is 2. The summed E-state index contributed by atoms with van der Waals surface area (Å²) in [7, 11) is 0. The smallest absolute Gasteiger partial charge is 0.258 e. The minimum absolute atomic E-state index is 0.219. The van der Waals surface area contributed by atoms with E-state index in [0.29, 0.717) is 47.8 Å². The maximum atomic E-state index is 12.8. The molecule has 4 atom stereocenters. The van der Waals surface area contributed by atoms with Gasteiger partial charge in [-0.1, -0.05) is 24.2 Å². The Morgan fingerprint density at radius 1 is 0.542 bits per heavy atom. The van der Waals surface area contributed by atoms with Crippen LogP contribution < -0.4 is 29.9 Å². The number of rotatable bonds is 25. The van der Waals surface area contributed by atoms with Crippen molar-refractivity contribution in [2.75, 3.05) is 62.3 Å². The van der Waals surface area contributed by atoms with Crippen LogP contribution in [0.3, 0.4) is 0 Å². The molecular weight excluding hydrogens is 925 g/mol. The molecule has 0 saturated carbocycles. The van der Waals surface area contributed by atoms with E-state index < -0.39 is 36.2 Å². The molecule has 0 spiro atoms. The lowest BCUT2D eigenvalue weighted by Crippen LogP contribution is -2.52. The highest BCUT2D eigenvalue weighted by Crippen LogP contribution is 2.34. The number of anilines is 2. The molecule has 20 heteroatoms. The fraction of sp³-hybridized carbons (Fsp3) is 0.462. The van der Waals surface area contributed by atoms with Crippen molar-refractivity contribution in [2.24, 2.45) is 0 Å². The molecule has 2 amide bonds. The Morgan fingerprint density at radius 2 is 0.917 bits per heavy atom. The molecule has 0 aliphatic rings. The summed E-state index contributed by atoms with van der Waals surface area (Å²) in [5.74, 6) is 2.07. The fourth-order valence-electron chi connectivity index (χ4n) is 8.18. The van der Waals surface area contributed by atoms with E-state index in [2.05, 4.69) is 78.4 Å². The Bertz CT molecular complexity index is 2600. The van der Waals surface area contributed by atoms with Crippen molar-refractivity contribution in [3.05, 3.63) is 82.2 Å². The SMILES string of the molecule is CCc1cc(-c2noc(-c3cc(C)nc(N(CC)CC)c3)n2)cc(C)c1OC[C@@H](O)CNC(=O)C(O)C(O)C(=O)NC[C@H](O)COc1c(C)cc(-c2noc(-c3cc(C)nc(N(CC)CC)c3)n2)cc1CC. The molecular formula is C52H68N10O10. The van der Waals surface area contributed by atoms with Gasteiger partial charge in [-0.2, -0.15) is 9.97 Å². The number of aliphatic hydroxyl groups excluding tert-OH is 4. The maximum absolute atomic E-state index is 12.8. The third kappa shape index (κ3) is 13.3. The summed E-state index contributed by atoms with van der Waals surface area (Å²) in [4.78, 5) is 48.5. The first-order chi connectivity index (χ1) is 34.5. The Hall–Kier alpha value is -7.00. The molecule has 0 saturated heterocycles. The van der Waals surface area contributed by atoms with Crippen molar-refractivity contribution in [1.29, 1.82) is 0 Å². The van der Waals surface area contributed by atoms with Gasteiger partial charge in [0.15, 0.2) is 12.2 Å². The monoisotopic (exact) mass is 993 g/mol. The average molecular weight is 993 g/mol. The Morgan fingerprint density at radius 3 is 1.26 bits per heavy atom. The molecule has 20 nitrogen and oxygen atoms in total. The third-order valence-electron chi connectivity index (χ3n) is 12.1. The molecule has 2 aromatic carbocycles. The second-order valence-corrected chi connectivity index (χ2v) is 17.5. The van der Waals surface area contributed by atoms with Crippen LogP contribution in [-0.2, 0) is 22.4 Å². The number of hydrogen-bond acceptors (Lipinski definition) is 18. The van der Waals surface area contributed by atoms with Gasteiger partial charge in [0, 0.05) is 72.9 Å². The average Bonchev–Trinajstić information content (AvgIpc) is 4.08. The highest BCUT2D eigenvalue weighted by molar-refractivity contribution is 5.90. The zero-order chi connectivity index (χ0) is 52.2. The predicted molar refractivity (Wildman–Crippen MR) is 272 cm³/mol. The van der Waals surface area contributed by atoms with Crippen molar-refractivity contribution < 1.29 is 48.5 Å². The van der Waals surface area contributed by atoms with Crippen molar-refractivity contribution in [2.45, 2.75) is 106 Å². The zero-order valence-corrected chi connectivity index (χ0v) is 42.8. The van der Waals surface area contributed by atoms with E-state index in [0.717, 1.165) is 93.7 Å². The summed E-state index contributed by atoms with van der Waals surface area (Å²) in [5.41, 5.74) is 7.77. The number of nitrogens with zero attached hydrogens (tertiary/aromatic N) is 8. The summed E-state index contributed by atoms with van der Waals surface area (Å²) in [5, 5.41) is 55.6. The molecule has 6 N–H and O–H groups in total. The Kier molecular flexibility index (Phi) is 18.8. The van der Waals surface area contributed by atoms with Gasteiger partial charge < -0.3 is 59.4 Å². The van der Waals surface area contributed by atoms with Gasteiger partial charge in [0.05, 0.1) is 0 Å². The first-order valence-corrected chi connectivity index (χ1v) is 24.5. The van der Waals surface area contributed by atoms with Gasteiger partial charge >= 0.3 is 0 Å². The van der Waals surface area contributed by atoms with E-state index in [9.17, 15) is 30.0 Å². The molecule has 0 bridgehead atoms. The maximum Gasteiger partial charge on any atom is 0.258 e. The number of aliphatic hydroxyl groups is 4. The lowest BCUT2D eigenvalue weighted by molar-refractivity contribution is -0.146. The second-order valence-electron chi connectivity index (χ2n) is 17.5. The number of nitrogens with one attached hydrogen (secondary N) is 2. The lowest BCUT2D eigenvalue weighted by atomic mass is 10.0. The molecule has 6 aromatic rings. The van der Waals surface area contributed by atoms with Gasteiger partial charge in [0.2, 0.25) is 11.6 Å². The van der Waals surface area contributed by atoms with E-state index in [4.69, 9.17) is 18.5 Å². The zero-order valence-electron chi connectivity index (χ0n) is 42.8. The number of carbonyl (C=O) groups excluding carboxylic acids is 2. The van der Waals surface area contributed by atoms with Crippen molar-refractivity contribution in [3.63, 3.8) is 0 Å². The fourth-order valence-corrected chi connectivity index (χ4v) is 8.18. The largest absolute Gasteiger partial charge is 0.490 e. The third-order valence-corrected chi connectivity index (χ3v) is 12.1. The summed E-state index contributed by atoms with van der Waals surface area (Å²) < 4.78 is 23.4. The Balaban J connectivity index is 0.961. The van der Waals surface area contributed by atoms with Crippen molar-refractivity contribution in [1.82, 2.24) is 40.9 Å². The number of aromatic nitrogens is 6.